The van der Waals surface area contributed by atoms with Gasteiger partial charge in [-0.2, -0.15) is 0 Å². The molecule has 0 bridgehead atoms. The fourth-order valence-electron chi connectivity index (χ4n) is 1.95. The van der Waals surface area contributed by atoms with Crippen LogP contribution in [0.4, 0.5) is 4.79 Å². The second kappa shape index (κ2) is 7.73. The quantitative estimate of drug-likeness (QED) is 0.861. The number of aromatic nitrogens is 2. The number of urea groups is 1. The average molecular weight is 304 g/mol. The number of hydrogen-bond acceptors (Lipinski definition) is 4. The van der Waals surface area contributed by atoms with Gasteiger partial charge < -0.3 is 10.6 Å². The fourth-order valence-corrected chi connectivity index (χ4v) is 2.97. The van der Waals surface area contributed by atoms with E-state index >= 15 is 0 Å². The summed E-state index contributed by atoms with van der Waals surface area (Å²) in [5.74, 6) is 0. The third-order valence-electron chi connectivity index (χ3n) is 3.07. The Labute approximate surface area is 128 Å². The summed E-state index contributed by atoms with van der Waals surface area (Å²) < 4.78 is 0. The lowest BCUT2D eigenvalue weighted by molar-refractivity contribution is 0.240. The Morgan fingerprint density at radius 1 is 1.38 bits per heavy atom. The van der Waals surface area contributed by atoms with E-state index in [9.17, 15) is 4.79 Å². The molecule has 2 rings (SSSR count). The first-order valence-electron chi connectivity index (χ1n) is 7.04. The van der Waals surface area contributed by atoms with Gasteiger partial charge in [-0.15, -0.1) is 11.3 Å². The van der Waals surface area contributed by atoms with E-state index in [-0.39, 0.29) is 6.03 Å². The summed E-state index contributed by atoms with van der Waals surface area (Å²) in [6.07, 6.45) is 5.18. The molecule has 2 aromatic rings. The van der Waals surface area contributed by atoms with E-state index in [1.54, 1.807) is 23.7 Å². The normalized spacial score (nSPS) is 10.4. The largest absolute Gasteiger partial charge is 0.338 e. The van der Waals surface area contributed by atoms with E-state index < -0.39 is 0 Å². The topological polar surface area (TPSA) is 66.9 Å². The van der Waals surface area contributed by atoms with Crippen LogP contribution in [0.25, 0.3) is 0 Å². The van der Waals surface area contributed by atoms with Crippen molar-refractivity contribution in [3.8, 4) is 0 Å². The average Bonchev–Trinajstić information content (AvgIpc) is 2.86. The first-order valence-corrected chi connectivity index (χ1v) is 7.86. The number of hydrogen-bond donors (Lipinski definition) is 2. The van der Waals surface area contributed by atoms with Crippen molar-refractivity contribution in [2.75, 3.05) is 6.54 Å². The van der Waals surface area contributed by atoms with Gasteiger partial charge in [0.1, 0.15) is 0 Å². The Hall–Kier alpha value is -1.95. The van der Waals surface area contributed by atoms with Crippen molar-refractivity contribution < 1.29 is 4.79 Å². The molecule has 112 valence electrons. The highest BCUT2D eigenvalue weighted by atomic mass is 32.1. The highest BCUT2D eigenvalue weighted by molar-refractivity contribution is 7.11. The Bertz CT molecular complexity index is 583. The lowest BCUT2D eigenvalue weighted by atomic mass is 10.3. The number of nitrogens with zero attached hydrogens (tertiary/aromatic N) is 2. The second-order valence-electron chi connectivity index (χ2n) is 4.68. The van der Waals surface area contributed by atoms with Crippen LogP contribution in [0.15, 0.2) is 24.5 Å². The van der Waals surface area contributed by atoms with Crippen molar-refractivity contribution in [3.05, 3.63) is 45.7 Å². The van der Waals surface area contributed by atoms with Crippen molar-refractivity contribution in [3.63, 3.8) is 0 Å². The van der Waals surface area contributed by atoms with Crippen LogP contribution in [-0.4, -0.2) is 22.5 Å². The highest BCUT2D eigenvalue weighted by Gasteiger charge is 2.06. The molecule has 2 heterocycles. The van der Waals surface area contributed by atoms with Gasteiger partial charge in [0.05, 0.1) is 10.7 Å². The second-order valence-corrected chi connectivity index (χ2v) is 5.97. The van der Waals surface area contributed by atoms with Gasteiger partial charge in [-0.1, -0.05) is 13.0 Å². The fraction of sp³-hybridized carbons (Fsp3) is 0.400. The Balaban J connectivity index is 1.69. The summed E-state index contributed by atoms with van der Waals surface area (Å²) in [6.45, 7) is 5.27. The van der Waals surface area contributed by atoms with Crippen LogP contribution in [0, 0.1) is 6.92 Å². The predicted molar refractivity (Wildman–Crippen MR) is 84.4 cm³/mol. The van der Waals surface area contributed by atoms with Gasteiger partial charge in [-0.3, -0.25) is 4.98 Å². The van der Waals surface area contributed by atoms with Crippen LogP contribution < -0.4 is 10.6 Å². The maximum Gasteiger partial charge on any atom is 0.315 e. The molecular weight excluding hydrogens is 284 g/mol. The molecule has 5 nitrogen and oxygen atoms in total. The van der Waals surface area contributed by atoms with Gasteiger partial charge in [-0.05, 0) is 25.0 Å². The maximum atomic E-state index is 11.7. The summed E-state index contributed by atoms with van der Waals surface area (Å²) in [4.78, 5) is 21.5. The molecule has 2 amide bonds. The monoisotopic (exact) mass is 304 g/mol. The lowest BCUT2D eigenvalue weighted by Crippen LogP contribution is -2.36. The van der Waals surface area contributed by atoms with Gasteiger partial charge in [0.25, 0.3) is 0 Å². The number of carbonyl (C=O) groups excluding carboxylic acids is 1. The van der Waals surface area contributed by atoms with E-state index in [4.69, 9.17) is 0 Å². The molecule has 2 aromatic heterocycles. The molecule has 0 aromatic carbocycles. The number of nitrogens with one attached hydrogen (secondary N) is 2. The molecule has 6 heteroatoms. The van der Waals surface area contributed by atoms with Crippen molar-refractivity contribution >= 4 is 17.4 Å². The molecular formula is C15H20N4OS. The number of pyridine rings is 1. The highest BCUT2D eigenvalue weighted by Crippen LogP contribution is 2.17. The predicted octanol–water partition coefficient (Wildman–Crippen LogP) is 2.45. The Morgan fingerprint density at radius 3 is 2.90 bits per heavy atom. The van der Waals surface area contributed by atoms with Crippen molar-refractivity contribution in [2.24, 2.45) is 0 Å². The van der Waals surface area contributed by atoms with Gasteiger partial charge >= 0.3 is 6.03 Å². The van der Waals surface area contributed by atoms with Gasteiger partial charge in [0.2, 0.25) is 0 Å². The van der Waals surface area contributed by atoms with Gasteiger partial charge in [-0.25, -0.2) is 9.78 Å². The number of carbonyl (C=O) groups is 1. The van der Waals surface area contributed by atoms with E-state index in [0.717, 1.165) is 29.1 Å². The summed E-state index contributed by atoms with van der Waals surface area (Å²) in [5.41, 5.74) is 2.15. The standard InChI is InChI=1S/C15H20N4OS/c1-3-13-11(2)21-14(19-13)6-8-17-15(20)18-10-12-5-4-7-16-9-12/h4-5,7,9H,3,6,8,10H2,1-2H3,(H2,17,18,20). The van der Waals surface area contributed by atoms with E-state index in [1.807, 2.05) is 12.1 Å². The molecule has 0 fully saturated rings. The Kier molecular flexibility index (Phi) is 5.68. The van der Waals surface area contributed by atoms with Crippen molar-refractivity contribution in [1.29, 1.82) is 0 Å². The van der Waals surface area contributed by atoms with Crippen molar-refractivity contribution in [1.82, 2.24) is 20.6 Å². The Morgan fingerprint density at radius 2 is 2.24 bits per heavy atom. The zero-order valence-electron chi connectivity index (χ0n) is 12.3. The molecule has 0 aliphatic rings. The zero-order valence-corrected chi connectivity index (χ0v) is 13.2. The first-order chi connectivity index (χ1) is 10.2. The van der Waals surface area contributed by atoms with Gasteiger partial charge in [0.15, 0.2) is 0 Å². The SMILES string of the molecule is CCc1nc(CCNC(=O)NCc2cccnc2)sc1C. The summed E-state index contributed by atoms with van der Waals surface area (Å²) in [6, 6.07) is 3.62. The van der Waals surface area contributed by atoms with E-state index in [0.29, 0.717) is 13.1 Å². The van der Waals surface area contributed by atoms with Gasteiger partial charge in [0, 0.05) is 36.8 Å². The van der Waals surface area contributed by atoms with Crippen LogP contribution in [0.1, 0.15) is 28.1 Å². The third-order valence-corrected chi connectivity index (χ3v) is 4.14. The van der Waals surface area contributed by atoms with E-state index in [1.165, 1.54) is 4.88 Å². The smallest absolute Gasteiger partial charge is 0.315 e. The number of amides is 2. The number of aryl methyl sites for hydroxylation is 2. The summed E-state index contributed by atoms with van der Waals surface area (Å²) >= 11 is 1.71. The molecule has 0 saturated carbocycles. The molecule has 21 heavy (non-hydrogen) atoms. The minimum absolute atomic E-state index is 0.164. The third kappa shape index (κ3) is 4.82. The van der Waals surface area contributed by atoms with Crippen LogP contribution in [0.2, 0.25) is 0 Å². The minimum atomic E-state index is -0.164. The van der Waals surface area contributed by atoms with Crippen LogP contribution in [-0.2, 0) is 19.4 Å². The molecule has 0 aliphatic heterocycles. The van der Waals surface area contributed by atoms with E-state index in [2.05, 4.69) is 34.4 Å². The number of rotatable bonds is 6. The summed E-state index contributed by atoms with van der Waals surface area (Å²) in [5, 5.41) is 6.73. The molecule has 0 spiro atoms. The molecule has 0 aliphatic carbocycles. The first kappa shape index (κ1) is 15.4. The molecule has 0 atom stereocenters. The van der Waals surface area contributed by atoms with Crippen molar-refractivity contribution in [2.45, 2.75) is 33.2 Å². The zero-order chi connectivity index (χ0) is 15.1. The summed E-state index contributed by atoms with van der Waals surface area (Å²) in [7, 11) is 0. The minimum Gasteiger partial charge on any atom is -0.338 e. The van der Waals surface area contributed by atoms with Crippen LogP contribution in [0.5, 0.6) is 0 Å². The van der Waals surface area contributed by atoms with Crippen LogP contribution in [0.3, 0.4) is 0 Å². The lowest BCUT2D eigenvalue weighted by Gasteiger charge is -2.06. The molecule has 2 N–H and O–H groups in total. The van der Waals surface area contributed by atoms with Crippen LogP contribution >= 0.6 is 11.3 Å². The maximum absolute atomic E-state index is 11.7. The molecule has 0 saturated heterocycles. The number of thiazole rings is 1. The molecule has 0 radical (unpaired) electrons. The molecule has 0 unspecified atom stereocenters.